The summed E-state index contributed by atoms with van der Waals surface area (Å²) >= 11 is 15.3. The molecule has 12 heteroatoms. The second-order valence-electron chi connectivity index (χ2n) is 6.99. The van der Waals surface area contributed by atoms with E-state index >= 15 is 0 Å². The molecule has 0 aliphatic rings. The van der Waals surface area contributed by atoms with Gasteiger partial charge in [-0.1, -0.05) is 47.5 Å². The van der Waals surface area contributed by atoms with Crippen LogP contribution in [0.2, 0.25) is 10.0 Å². The summed E-state index contributed by atoms with van der Waals surface area (Å²) in [5.41, 5.74) is 3.47. The third kappa shape index (κ3) is 7.45. The van der Waals surface area contributed by atoms with E-state index in [1.807, 2.05) is 6.07 Å². The molecule has 9 nitrogen and oxygen atoms in total. The second-order valence-corrected chi connectivity index (χ2v) is 8.63. The Kier molecular flexibility index (Phi) is 9.69. The number of ether oxygens (including phenoxy) is 2. The number of carbonyl (C=O) groups is 3. The number of para-hydroxylation sites is 1. The number of hydrogen-bond donors (Lipinski definition) is 3. The van der Waals surface area contributed by atoms with Crippen LogP contribution in [0.15, 0.2) is 70.2 Å². The molecule has 0 unspecified atom stereocenters. The monoisotopic (exact) mass is 592 g/mol. The van der Waals surface area contributed by atoms with Gasteiger partial charge in [-0.2, -0.15) is 5.10 Å². The highest BCUT2D eigenvalue weighted by Gasteiger charge is 2.16. The molecule has 0 aliphatic heterocycles. The van der Waals surface area contributed by atoms with Gasteiger partial charge in [0.15, 0.2) is 18.1 Å². The van der Waals surface area contributed by atoms with Gasteiger partial charge in [0.2, 0.25) is 0 Å². The number of nitrogens with one attached hydrogen (secondary N) is 3. The summed E-state index contributed by atoms with van der Waals surface area (Å²) in [5, 5.41) is 9.21. The number of nitrogens with zero attached hydrogens (tertiary/aromatic N) is 1. The molecule has 3 N–H and O–H groups in total. The largest absolute Gasteiger partial charge is 0.493 e. The van der Waals surface area contributed by atoms with E-state index in [0.717, 1.165) is 0 Å². The molecule has 0 saturated carbocycles. The summed E-state index contributed by atoms with van der Waals surface area (Å²) in [4.78, 5) is 36.3. The van der Waals surface area contributed by atoms with Crippen LogP contribution in [-0.4, -0.2) is 37.7 Å². The number of benzene rings is 3. The van der Waals surface area contributed by atoms with Crippen molar-refractivity contribution in [3.8, 4) is 11.5 Å². The van der Waals surface area contributed by atoms with E-state index in [4.69, 9.17) is 32.7 Å². The summed E-state index contributed by atoms with van der Waals surface area (Å²) < 4.78 is 11.5. The van der Waals surface area contributed by atoms with Gasteiger partial charge in [-0.15, -0.1) is 0 Å². The van der Waals surface area contributed by atoms with Gasteiger partial charge < -0.3 is 20.1 Å². The van der Waals surface area contributed by atoms with Crippen molar-refractivity contribution in [1.82, 2.24) is 5.43 Å². The van der Waals surface area contributed by atoms with Gasteiger partial charge in [-0.3, -0.25) is 14.4 Å². The molecule has 0 atom stereocenters. The first-order valence-corrected chi connectivity index (χ1v) is 11.8. The van der Waals surface area contributed by atoms with E-state index in [-0.39, 0.29) is 28.2 Å². The zero-order chi connectivity index (χ0) is 26.1. The van der Waals surface area contributed by atoms with E-state index in [1.54, 1.807) is 48.5 Å². The lowest BCUT2D eigenvalue weighted by atomic mass is 10.2. The van der Waals surface area contributed by atoms with Crippen molar-refractivity contribution in [2.24, 2.45) is 5.10 Å². The number of hydrogen-bond acceptors (Lipinski definition) is 6. The van der Waals surface area contributed by atoms with Crippen LogP contribution in [0, 0.1) is 0 Å². The van der Waals surface area contributed by atoms with Gasteiger partial charge in [0.25, 0.3) is 5.91 Å². The van der Waals surface area contributed by atoms with Crippen molar-refractivity contribution in [3.05, 3.63) is 80.7 Å². The quantitative estimate of drug-likeness (QED) is 0.196. The molecule has 3 aromatic rings. The smallest absolute Gasteiger partial charge is 0.329 e. The molecular formula is C24H19BrCl2N4O5. The van der Waals surface area contributed by atoms with Crippen molar-refractivity contribution in [3.63, 3.8) is 0 Å². The molecule has 3 amide bonds. The van der Waals surface area contributed by atoms with Crippen LogP contribution < -0.4 is 25.5 Å². The Morgan fingerprint density at radius 2 is 1.75 bits per heavy atom. The van der Waals surface area contributed by atoms with E-state index in [0.29, 0.717) is 27.2 Å². The minimum absolute atomic E-state index is 0.112. The summed E-state index contributed by atoms with van der Waals surface area (Å²) in [7, 11) is 1.44. The predicted octanol–water partition coefficient (Wildman–Crippen LogP) is 4.87. The summed E-state index contributed by atoms with van der Waals surface area (Å²) in [6.45, 7) is -0.251. The first kappa shape index (κ1) is 27.0. The topological polar surface area (TPSA) is 118 Å². The van der Waals surface area contributed by atoms with Crippen LogP contribution in [-0.2, 0) is 14.4 Å². The Labute approximate surface area is 224 Å². The first-order valence-electron chi connectivity index (χ1n) is 10.2. The molecule has 0 saturated heterocycles. The van der Waals surface area contributed by atoms with Crippen LogP contribution in [0.5, 0.6) is 11.5 Å². The molecule has 0 fully saturated rings. The average Bonchev–Trinajstić information content (AvgIpc) is 2.86. The Morgan fingerprint density at radius 1 is 1.00 bits per heavy atom. The van der Waals surface area contributed by atoms with Crippen molar-refractivity contribution >= 4 is 74.4 Å². The van der Waals surface area contributed by atoms with Crippen LogP contribution in [0.3, 0.4) is 0 Å². The molecule has 0 aliphatic carbocycles. The molecule has 0 bridgehead atoms. The van der Waals surface area contributed by atoms with Gasteiger partial charge in [-0.25, -0.2) is 5.43 Å². The van der Waals surface area contributed by atoms with Gasteiger partial charge in [0.05, 0.1) is 33.5 Å². The average molecular weight is 594 g/mol. The third-order valence-corrected chi connectivity index (χ3v) is 5.85. The van der Waals surface area contributed by atoms with Crippen molar-refractivity contribution in [2.45, 2.75) is 0 Å². The maximum atomic E-state index is 12.2. The van der Waals surface area contributed by atoms with Crippen LogP contribution in [0.25, 0.3) is 0 Å². The number of rotatable bonds is 8. The predicted molar refractivity (Wildman–Crippen MR) is 142 cm³/mol. The number of hydrazone groups is 1. The molecule has 0 radical (unpaired) electrons. The number of anilines is 2. The third-order valence-electron chi connectivity index (χ3n) is 4.44. The molecule has 3 rings (SSSR count). The van der Waals surface area contributed by atoms with Crippen LogP contribution >= 0.6 is 39.1 Å². The molecule has 0 aromatic heterocycles. The Hall–Kier alpha value is -3.60. The maximum absolute atomic E-state index is 12.2. The fraction of sp³-hybridized carbons (Fsp3) is 0.0833. The van der Waals surface area contributed by atoms with E-state index in [9.17, 15) is 14.4 Å². The second kappa shape index (κ2) is 12.9. The highest BCUT2D eigenvalue weighted by atomic mass is 79.9. The standard InChI is InChI=1S/C24H19BrCl2N4O5/c1-35-19-11-14(10-16(25)22(19)36-13-20(32)29-15-6-3-2-4-7-15)12-28-31-24(34)23(33)30-18-9-5-8-17(26)21(18)27/h2-12H,13H2,1H3,(H,29,32)(H,30,33)(H,31,34)/b28-12-. The fourth-order valence-corrected chi connectivity index (χ4v) is 3.73. The Balaban J connectivity index is 1.59. The normalized spacial score (nSPS) is 10.6. The molecule has 0 spiro atoms. The van der Waals surface area contributed by atoms with Crippen molar-refractivity contribution < 1.29 is 23.9 Å². The summed E-state index contributed by atoms with van der Waals surface area (Å²) in [6, 6.07) is 16.8. The zero-order valence-electron chi connectivity index (χ0n) is 18.7. The minimum atomic E-state index is -1.02. The summed E-state index contributed by atoms with van der Waals surface area (Å²) in [5.74, 6) is -1.72. The lowest BCUT2D eigenvalue weighted by Gasteiger charge is -2.13. The first-order chi connectivity index (χ1) is 17.3. The van der Waals surface area contributed by atoms with Crippen molar-refractivity contribution in [1.29, 1.82) is 0 Å². The lowest BCUT2D eigenvalue weighted by Crippen LogP contribution is -2.32. The number of methoxy groups -OCH3 is 1. The number of amides is 3. The van der Waals surface area contributed by atoms with Crippen molar-refractivity contribution in [2.75, 3.05) is 24.4 Å². The number of carbonyl (C=O) groups excluding carboxylic acids is 3. The van der Waals surface area contributed by atoms with Gasteiger partial charge in [0, 0.05) is 5.69 Å². The van der Waals surface area contributed by atoms with E-state index in [1.165, 1.54) is 19.4 Å². The number of halogens is 3. The molecule has 0 heterocycles. The highest BCUT2D eigenvalue weighted by molar-refractivity contribution is 9.10. The lowest BCUT2D eigenvalue weighted by molar-refractivity contribution is -0.136. The maximum Gasteiger partial charge on any atom is 0.329 e. The zero-order valence-corrected chi connectivity index (χ0v) is 21.8. The molecule has 3 aromatic carbocycles. The van der Waals surface area contributed by atoms with Gasteiger partial charge >= 0.3 is 11.8 Å². The molecule has 36 heavy (non-hydrogen) atoms. The van der Waals surface area contributed by atoms with Crippen LogP contribution in [0.1, 0.15) is 5.56 Å². The molecule has 186 valence electrons. The van der Waals surface area contributed by atoms with Gasteiger partial charge in [-0.05, 0) is 57.9 Å². The fourth-order valence-electron chi connectivity index (χ4n) is 2.81. The summed E-state index contributed by atoms with van der Waals surface area (Å²) in [6.07, 6.45) is 1.30. The van der Waals surface area contributed by atoms with Crippen LogP contribution in [0.4, 0.5) is 11.4 Å². The Morgan fingerprint density at radius 3 is 2.47 bits per heavy atom. The van der Waals surface area contributed by atoms with E-state index in [2.05, 4.69) is 37.1 Å². The minimum Gasteiger partial charge on any atom is -0.493 e. The highest BCUT2D eigenvalue weighted by Crippen LogP contribution is 2.36. The Bertz CT molecular complexity index is 1310. The molecular weight excluding hydrogens is 575 g/mol. The van der Waals surface area contributed by atoms with E-state index < -0.39 is 11.8 Å². The SMILES string of the molecule is COc1cc(/C=N\NC(=O)C(=O)Nc2cccc(Cl)c2Cl)cc(Br)c1OCC(=O)Nc1ccccc1. The van der Waals surface area contributed by atoms with Gasteiger partial charge in [0.1, 0.15) is 0 Å².